The molecule has 6 nitrogen and oxygen atoms in total. The zero-order chi connectivity index (χ0) is 18.4. The number of hydrogen-bond donors (Lipinski definition) is 2. The molecule has 0 bridgehead atoms. The van der Waals surface area contributed by atoms with Gasteiger partial charge in [0.1, 0.15) is 0 Å². The van der Waals surface area contributed by atoms with Gasteiger partial charge in [0, 0.05) is 26.8 Å². The van der Waals surface area contributed by atoms with E-state index in [1.165, 1.54) is 12.1 Å². The molecule has 0 aromatic heterocycles. The predicted octanol–water partition coefficient (Wildman–Crippen LogP) is 2.19. The summed E-state index contributed by atoms with van der Waals surface area (Å²) in [6, 6.07) is 3.82. The first-order chi connectivity index (χ1) is 11.9. The second kappa shape index (κ2) is 8.29. The van der Waals surface area contributed by atoms with Crippen molar-refractivity contribution in [3.63, 3.8) is 0 Å². The van der Waals surface area contributed by atoms with E-state index in [1.54, 1.807) is 12.0 Å². The lowest BCUT2D eigenvalue weighted by Gasteiger charge is -2.40. The van der Waals surface area contributed by atoms with Crippen LogP contribution in [0.25, 0.3) is 0 Å². The van der Waals surface area contributed by atoms with Crippen molar-refractivity contribution in [1.82, 2.24) is 4.90 Å². The molecule has 7 heteroatoms. The second-order valence-electron chi connectivity index (χ2n) is 6.56. The van der Waals surface area contributed by atoms with E-state index in [9.17, 15) is 24.2 Å². The largest absolute Gasteiger partial charge is 0.505 e. The molecule has 2 N–H and O–H groups in total. The zero-order valence-electron chi connectivity index (χ0n) is 14.3. The van der Waals surface area contributed by atoms with Crippen LogP contribution in [0.5, 0.6) is 5.75 Å². The average Bonchev–Trinajstić information content (AvgIpc) is 2.58. The maximum atomic E-state index is 13.4. The fourth-order valence-corrected chi connectivity index (χ4v) is 3.33. The minimum absolute atomic E-state index is 0.0228. The zero-order valence-corrected chi connectivity index (χ0v) is 14.3. The number of ether oxygens (including phenoxy) is 1. The Morgan fingerprint density at radius 1 is 1.40 bits per heavy atom. The van der Waals surface area contributed by atoms with Crippen molar-refractivity contribution >= 4 is 11.9 Å². The van der Waals surface area contributed by atoms with E-state index >= 15 is 0 Å². The van der Waals surface area contributed by atoms with Crippen LogP contribution in [0.3, 0.4) is 0 Å². The highest BCUT2D eigenvalue weighted by Gasteiger charge is 2.43. The smallest absolute Gasteiger partial charge is 0.311 e. The average molecular weight is 353 g/mol. The summed E-state index contributed by atoms with van der Waals surface area (Å²) in [4.78, 5) is 25.9. The van der Waals surface area contributed by atoms with Gasteiger partial charge in [-0.1, -0.05) is 6.07 Å². The molecule has 1 aromatic carbocycles. The van der Waals surface area contributed by atoms with Crippen LogP contribution >= 0.6 is 0 Å². The number of aromatic hydroxyl groups is 1. The molecule has 0 radical (unpaired) electrons. The highest BCUT2D eigenvalue weighted by Crippen LogP contribution is 2.35. The lowest BCUT2D eigenvalue weighted by atomic mass is 9.76. The minimum atomic E-state index is -0.952. The third kappa shape index (κ3) is 4.69. The van der Waals surface area contributed by atoms with Gasteiger partial charge in [-0.05, 0) is 43.4 Å². The van der Waals surface area contributed by atoms with Crippen molar-refractivity contribution in [1.29, 1.82) is 0 Å². The second-order valence-corrected chi connectivity index (χ2v) is 6.56. The minimum Gasteiger partial charge on any atom is -0.505 e. The first-order valence-electron chi connectivity index (χ1n) is 8.35. The van der Waals surface area contributed by atoms with Gasteiger partial charge in [0.2, 0.25) is 5.91 Å². The van der Waals surface area contributed by atoms with Crippen molar-refractivity contribution in [3.05, 3.63) is 29.6 Å². The van der Waals surface area contributed by atoms with E-state index in [-0.39, 0.29) is 18.9 Å². The van der Waals surface area contributed by atoms with Crippen LogP contribution in [0.2, 0.25) is 0 Å². The highest BCUT2D eigenvalue weighted by atomic mass is 19.1. The Balaban J connectivity index is 2.06. The number of nitrogens with zero attached hydrogens (tertiary/aromatic N) is 1. The first kappa shape index (κ1) is 19.2. The predicted molar refractivity (Wildman–Crippen MR) is 88.8 cm³/mol. The number of carboxylic acids is 1. The number of phenols is 1. The van der Waals surface area contributed by atoms with E-state index in [4.69, 9.17) is 4.74 Å². The summed E-state index contributed by atoms with van der Waals surface area (Å²) in [5, 5.41) is 18.9. The Bertz CT molecular complexity index is 636. The number of hydrogen-bond acceptors (Lipinski definition) is 4. The summed E-state index contributed by atoms with van der Waals surface area (Å²) in [5.41, 5.74) is -0.502. The summed E-state index contributed by atoms with van der Waals surface area (Å²) >= 11 is 0. The number of aliphatic carboxylic acids is 1. The van der Waals surface area contributed by atoms with E-state index in [1.807, 2.05) is 0 Å². The summed E-state index contributed by atoms with van der Waals surface area (Å²) in [7, 11) is 1.57. The number of methoxy groups -OCH3 is 1. The van der Waals surface area contributed by atoms with Gasteiger partial charge in [-0.3, -0.25) is 9.59 Å². The molecule has 1 amide bonds. The lowest BCUT2D eigenvalue weighted by Crippen LogP contribution is -2.50. The molecule has 0 spiro atoms. The van der Waals surface area contributed by atoms with Crippen molar-refractivity contribution in [2.24, 2.45) is 5.41 Å². The Kier molecular flexibility index (Phi) is 6.36. The first-order valence-corrected chi connectivity index (χ1v) is 8.35. The van der Waals surface area contributed by atoms with Gasteiger partial charge < -0.3 is 19.8 Å². The molecule has 0 aliphatic carbocycles. The van der Waals surface area contributed by atoms with Gasteiger partial charge in [0.05, 0.1) is 11.8 Å². The summed E-state index contributed by atoms with van der Waals surface area (Å²) in [5.74, 6) is -2.36. The normalized spacial score (nSPS) is 20.5. The molecule has 138 valence electrons. The number of phenolic OH excluding ortho intramolecular Hbond substituents is 1. The number of carbonyl (C=O) groups is 2. The molecule has 2 rings (SSSR count). The van der Waals surface area contributed by atoms with E-state index < -0.39 is 23.0 Å². The Morgan fingerprint density at radius 2 is 2.16 bits per heavy atom. The van der Waals surface area contributed by atoms with Crippen molar-refractivity contribution in [2.45, 2.75) is 32.1 Å². The van der Waals surface area contributed by atoms with Crippen LogP contribution in [0.15, 0.2) is 18.2 Å². The molecular weight excluding hydrogens is 329 g/mol. The molecule has 25 heavy (non-hydrogen) atoms. The Morgan fingerprint density at radius 3 is 2.80 bits per heavy atom. The van der Waals surface area contributed by atoms with Gasteiger partial charge in [-0.25, -0.2) is 4.39 Å². The monoisotopic (exact) mass is 353 g/mol. The molecule has 1 atom stereocenters. The van der Waals surface area contributed by atoms with Gasteiger partial charge >= 0.3 is 5.97 Å². The molecule has 1 unspecified atom stereocenters. The molecule has 1 fully saturated rings. The molecule has 0 saturated carbocycles. The molecule has 1 heterocycles. The number of benzene rings is 1. The number of carbonyl (C=O) groups excluding carboxylic acids is 1. The summed E-state index contributed by atoms with van der Waals surface area (Å²) < 4.78 is 18.4. The Labute approximate surface area is 146 Å². The molecule has 1 aliphatic heterocycles. The van der Waals surface area contributed by atoms with Crippen LogP contribution in [0, 0.1) is 11.2 Å². The number of rotatable bonds is 7. The maximum Gasteiger partial charge on any atom is 0.311 e. The third-order valence-corrected chi connectivity index (χ3v) is 4.75. The van der Waals surface area contributed by atoms with Crippen LogP contribution in [-0.4, -0.2) is 53.8 Å². The SMILES string of the molecule is COCCCC1(C(=O)O)CCCN(C(=O)Cc2ccc(O)c(F)c2)C1. The number of piperidine rings is 1. The van der Waals surface area contributed by atoms with E-state index in [0.717, 1.165) is 6.07 Å². The van der Waals surface area contributed by atoms with Crippen LogP contribution in [0.1, 0.15) is 31.2 Å². The molecule has 1 aliphatic rings. The topological polar surface area (TPSA) is 87.1 Å². The molecular formula is C18H24FNO5. The Hall–Kier alpha value is -2.15. The number of amides is 1. The van der Waals surface area contributed by atoms with Crippen molar-refractivity contribution < 1.29 is 28.9 Å². The standard InChI is InChI=1S/C18H24FNO5/c1-25-9-3-7-18(17(23)24)6-2-8-20(12-18)16(22)11-13-4-5-15(21)14(19)10-13/h4-5,10,21H,2-3,6-9,11-12H2,1H3,(H,23,24). The van der Waals surface area contributed by atoms with Gasteiger partial charge in [-0.15, -0.1) is 0 Å². The lowest BCUT2D eigenvalue weighted by molar-refractivity contribution is -0.155. The van der Waals surface area contributed by atoms with Crippen molar-refractivity contribution in [2.75, 3.05) is 26.8 Å². The summed E-state index contributed by atoms with van der Waals surface area (Å²) in [6.07, 6.45) is 2.20. The van der Waals surface area contributed by atoms with Crippen LogP contribution < -0.4 is 0 Å². The van der Waals surface area contributed by atoms with Gasteiger partial charge in [-0.2, -0.15) is 0 Å². The van der Waals surface area contributed by atoms with E-state index in [0.29, 0.717) is 44.4 Å². The third-order valence-electron chi connectivity index (χ3n) is 4.75. The van der Waals surface area contributed by atoms with Crippen LogP contribution in [0.4, 0.5) is 4.39 Å². The number of halogens is 1. The fraction of sp³-hybridized carbons (Fsp3) is 0.556. The number of likely N-dealkylation sites (tertiary alicyclic amines) is 1. The number of carboxylic acid groups (broad SMARTS) is 1. The summed E-state index contributed by atoms with van der Waals surface area (Å²) in [6.45, 7) is 1.14. The highest BCUT2D eigenvalue weighted by molar-refractivity contribution is 5.81. The van der Waals surface area contributed by atoms with Crippen LogP contribution in [-0.2, 0) is 20.7 Å². The quantitative estimate of drug-likeness (QED) is 0.734. The van der Waals surface area contributed by atoms with Gasteiger partial charge in [0.25, 0.3) is 0 Å². The molecule has 1 aromatic rings. The van der Waals surface area contributed by atoms with Crippen molar-refractivity contribution in [3.8, 4) is 5.75 Å². The van der Waals surface area contributed by atoms with E-state index in [2.05, 4.69) is 0 Å². The maximum absolute atomic E-state index is 13.4. The fourth-order valence-electron chi connectivity index (χ4n) is 3.33. The van der Waals surface area contributed by atoms with Gasteiger partial charge in [0.15, 0.2) is 11.6 Å². The molecule has 1 saturated heterocycles.